The smallest absolute Gasteiger partial charge is 0.257 e. The maximum atomic E-state index is 12.6. The molecule has 0 saturated carbocycles. The van der Waals surface area contributed by atoms with E-state index in [-0.39, 0.29) is 5.91 Å². The van der Waals surface area contributed by atoms with Gasteiger partial charge in [0.2, 0.25) is 0 Å². The van der Waals surface area contributed by atoms with Gasteiger partial charge in [-0.1, -0.05) is 0 Å². The number of aromatic nitrogens is 3. The number of hydrogen-bond acceptors (Lipinski definition) is 5. The molecule has 140 valence electrons. The van der Waals surface area contributed by atoms with Crippen LogP contribution in [0.1, 0.15) is 23.2 Å². The van der Waals surface area contributed by atoms with Crippen molar-refractivity contribution in [1.29, 1.82) is 0 Å². The lowest BCUT2D eigenvalue weighted by Crippen LogP contribution is -2.44. The summed E-state index contributed by atoms with van der Waals surface area (Å²) in [6.45, 7) is 1.88. The van der Waals surface area contributed by atoms with Crippen LogP contribution in [0.2, 0.25) is 0 Å². The summed E-state index contributed by atoms with van der Waals surface area (Å²) >= 11 is 3.66. The minimum atomic E-state index is -0.193. The van der Waals surface area contributed by atoms with Crippen LogP contribution in [0.3, 0.4) is 0 Å². The van der Waals surface area contributed by atoms with Gasteiger partial charge in [-0.2, -0.15) is 0 Å². The lowest BCUT2D eigenvalue weighted by molar-refractivity contribution is 0.102. The van der Waals surface area contributed by atoms with Crippen molar-refractivity contribution in [3.63, 3.8) is 0 Å². The first-order valence-electron chi connectivity index (χ1n) is 8.96. The number of nitrogens with zero attached hydrogens (tertiary/aromatic N) is 3. The fourth-order valence-corrected chi connectivity index (χ4v) is 4.12. The van der Waals surface area contributed by atoms with Gasteiger partial charge < -0.3 is 20.5 Å². The molecule has 4 heterocycles. The van der Waals surface area contributed by atoms with E-state index in [0.29, 0.717) is 17.3 Å². The van der Waals surface area contributed by atoms with Crippen LogP contribution in [0.15, 0.2) is 41.4 Å². The Morgan fingerprint density at radius 3 is 3.07 bits per heavy atom. The number of amides is 1. The highest BCUT2D eigenvalue weighted by Gasteiger charge is 2.24. The number of likely N-dealkylation sites (N-methyl/N-ethyl adjacent to an activating group) is 1. The van der Waals surface area contributed by atoms with Crippen LogP contribution in [-0.2, 0) is 0 Å². The van der Waals surface area contributed by atoms with Gasteiger partial charge in [0.25, 0.3) is 5.91 Å². The van der Waals surface area contributed by atoms with Crippen molar-refractivity contribution in [2.24, 2.45) is 0 Å². The first-order valence-corrected chi connectivity index (χ1v) is 9.76. The predicted octanol–water partition coefficient (Wildman–Crippen LogP) is 3.16. The number of fused-ring (bicyclic) bond motifs is 1. The second kappa shape index (κ2) is 7.66. The maximum absolute atomic E-state index is 12.6. The second-order valence-electron chi connectivity index (χ2n) is 6.65. The van der Waals surface area contributed by atoms with Crippen LogP contribution in [0.25, 0.3) is 11.0 Å². The maximum Gasteiger partial charge on any atom is 0.257 e. The molecule has 1 amide bonds. The number of hydrogen-bond donors (Lipinski definition) is 3. The molecule has 0 spiro atoms. The van der Waals surface area contributed by atoms with Crippen molar-refractivity contribution in [1.82, 2.24) is 20.3 Å². The summed E-state index contributed by atoms with van der Waals surface area (Å²) in [5.41, 5.74) is 3.04. The number of carbonyl (C=O) groups excluding carboxylic acids is 1. The highest BCUT2D eigenvalue weighted by molar-refractivity contribution is 9.10. The number of pyridine rings is 2. The minimum Gasteiger partial charge on any atom is -0.368 e. The number of piperidine rings is 1. The fraction of sp³-hybridized carbons (Fsp3) is 0.316. The van der Waals surface area contributed by atoms with Gasteiger partial charge in [0.05, 0.1) is 26.8 Å². The molecule has 1 aliphatic heterocycles. The predicted molar refractivity (Wildman–Crippen MR) is 110 cm³/mol. The van der Waals surface area contributed by atoms with E-state index in [9.17, 15) is 4.79 Å². The van der Waals surface area contributed by atoms with E-state index in [1.165, 1.54) is 0 Å². The monoisotopic (exact) mass is 428 g/mol. The molecule has 3 aromatic rings. The number of carbonyl (C=O) groups is 1. The van der Waals surface area contributed by atoms with Crippen molar-refractivity contribution in [3.05, 3.63) is 47.0 Å². The van der Waals surface area contributed by atoms with Gasteiger partial charge in [0, 0.05) is 43.9 Å². The van der Waals surface area contributed by atoms with E-state index in [4.69, 9.17) is 0 Å². The Morgan fingerprint density at radius 2 is 2.30 bits per heavy atom. The molecule has 1 saturated heterocycles. The first kappa shape index (κ1) is 17.9. The van der Waals surface area contributed by atoms with E-state index in [1.54, 1.807) is 30.7 Å². The summed E-state index contributed by atoms with van der Waals surface area (Å²) in [6, 6.07) is 3.94. The van der Waals surface area contributed by atoms with Crippen molar-refractivity contribution in [2.45, 2.75) is 18.9 Å². The summed E-state index contributed by atoms with van der Waals surface area (Å²) in [7, 11) is 2.00. The summed E-state index contributed by atoms with van der Waals surface area (Å²) in [6.07, 6.45) is 9.09. The van der Waals surface area contributed by atoms with Gasteiger partial charge in [-0.25, -0.2) is 4.98 Å². The van der Waals surface area contributed by atoms with E-state index >= 15 is 0 Å². The topological polar surface area (TPSA) is 85.9 Å². The lowest BCUT2D eigenvalue weighted by atomic mass is 10.0. The van der Waals surface area contributed by atoms with Crippen LogP contribution in [0, 0.1) is 0 Å². The third kappa shape index (κ3) is 3.54. The zero-order valence-electron chi connectivity index (χ0n) is 15.0. The second-order valence-corrected chi connectivity index (χ2v) is 7.50. The van der Waals surface area contributed by atoms with Gasteiger partial charge in [-0.15, -0.1) is 0 Å². The number of nitrogens with one attached hydrogen (secondary N) is 3. The number of H-pyrrole nitrogens is 1. The minimum absolute atomic E-state index is 0.193. The average molecular weight is 429 g/mol. The third-order valence-electron chi connectivity index (χ3n) is 4.95. The molecule has 3 N–H and O–H groups in total. The van der Waals surface area contributed by atoms with Gasteiger partial charge in [0.15, 0.2) is 0 Å². The van der Waals surface area contributed by atoms with Crippen molar-refractivity contribution >= 4 is 44.2 Å². The molecule has 1 aliphatic rings. The molecule has 0 aliphatic carbocycles. The highest BCUT2D eigenvalue weighted by atomic mass is 79.9. The molecule has 7 nitrogen and oxygen atoms in total. The summed E-state index contributed by atoms with van der Waals surface area (Å²) < 4.78 is 0.920. The van der Waals surface area contributed by atoms with Crippen LogP contribution in [-0.4, -0.2) is 47.0 Å². The zero-order valence-corrected chi connectivity index (χ0v) is 16.6. The van der Waals surface area contributed by atoms with Crippen molar-refractivity contribution in [3.8, 4) is 0 Å². The lowest BCUT2D eigenvalue weighted by Gasteiger charge is -2.35. The Labute approximate surface area is 165 Å². The van der Waals surface area contributed by atoms with Gasteiger partial charge >= 0.3 is 0 Å². The number of anilines is 2. The molecule has 4 rings (SSSR count). The number of halogens is 1. The van der Waals surface area contributed by atoms with E-state index in [1.807, 2.05) is 13.2 Å². The van der Waals surface area contributed by atoms with Crippen LogP contribution < -0.4 is 15.5 Å². The largest absolute Gasteiger partial charge is 0.368 e. The molecule has 3 aromatic heterocycles. The average Bonchev–Trinajstić information content (AvgIpc) is 3.11. The summed E-state index contributed by atoms with van der Waals surface area (Å²) in [4.78, 5) is 26.6. The van der Waals surface area contributed by atoms with Gasteiger partial charge in [0.1, 0.15) is 5.65 Å². The SMILES string of the molecule is CN[C@@H]1CCCN(c2c(Br)cnc3[nH]cc(NC(=O)c4cccnc4)c23)C1. The van der Waals surface area contributed by atoms with Crippen LogP contribution in [0.5, 0.6) is 0 Å². The van der Waals surface area contributed by atoms with E-state index in [0.717, 1.165) is 47.1 Å². The zero-order chi connectivity index (χ0) is 18.8. The molecule has 8 heteroatoms. The molecular weight excluding hydrogens is 408 g/mol. The summed E-state index contributed by atoms with van der Waals surface area (Å²) in [5.74, 6) is -0.193. The Hall–Kier alpha value is -2.45. The van der Waals surface area contributed by atoms with Crippen molar-refractivity contribution < 1.29 is 4.79 Å². The molecule has 0 aromatic carbocycles. The summed E-state index contributed by atoms with van der Waals surface area (Å²) in [5, 5.41) is 7.29. The number of aromatic amines is 1. The van der Waals surface area contributed by atoms with Gasteiger partial charge in [-0.3, -0.25) is 9.78 Å². The van der Waals surface area contributed by atoms with Crippen molar-refractivity contribution in [2.75, 3.05) is 30.4 Å². The standard InChI is InChI=1S/C19H21BrN6O/c1-21-13-5-3-7-26(11-13)17-14(20)9-23-18-16(17)15(10-24-18)25-19(27)12-4-2-6-22-8-12/h2,4,6,8-10,13,21H,3,5,7,11H2,1H3,(H,23,24)(H,25,27)/t13-/m1/s1. The van der Waals surface area contributed by atoms with E-state index < -0.39 is 0 Å². The third-order valence-corrected chi connectivity index (χ3v) is 5.53. The highest BCUT2D eigenvalue weighted by Crippen LogP contribution is 2.39. The van der Waals surface area contributed by atoms with E-state index in [2.05, 4.69) is 46.4 Å². The molecule has 27 heavy (non-hydrogen) atoms. The van der Waals surface area contributed by atoms with Crippen LogP contribution in [0.4, 0.5) is 11.4 Å². The number of rotatable bonds is 4. The molecule has 0 radical (unpaired) electrons. The Balaban J connectivity index is 1.72. The molecule has 0 bridgehead atoms. The Bertz CT molecular complexity index is 957. The Morgan fingerprint density at radius 1 is 1.41 bits per heavy atom. The quantitative estimate of drug-likeness (QED) is 0.593. The fourth-order valence-electron chi connectivity index (χ4n) is 3.57. The molecule has 0 unspecified atom stereocenters. The molecule has 1 atom stereocenters. The Kier molecular flexibility index (Phi) is 5.09. The first-order chi connectivity index (χ1) is 13.2. The van der Waals surface area contributed by atoms with Gasteiger partial charge in [-0.05, 0) is 48.0 Å². The molecular formula is C19H21BrN6O. The van der Waals surface area contributed by atoms with Crippen LogP contribution >= 0.6 is 15.9 Å². The molecule has 1 fully saturated rings. The normalized spacial score (nSPS) is 17.3.